The number of carboxylic acids is 1. The van der Waals surface area contributed by atoms with Crippen LogP contribution in [0.25, 0.3) is 0 Å². The number of carbonyl (C=O) groups is 2. The Morgan fingerprint density at radius 2 is 2.00 bits per heavy atom. The van der Waals surface area contributed by atoms with Crippen molar-refractivity contribution in [2.24, 2.45) is 5.92 Å². The Kier molecular flexibility index (Phi) is 3.73. The van der Waals surface area contributed by atoms with Gasteiger partial charge in [-0.1, -0.05) is 12.8 Å². The topological polar surface area (TPSA) is 75.6 Å². The van der Waals surface area contributed by atoms with Crippen LogP contribution in [0.3, 0.4) is 0 Å². The summed E-state index contributed by atoms with van der Waals surface area (Å²) >= 11 is 0. The zero-order valence-electron chi connectivity index (χ0n) is 8.16. The van der Waals surface area contributed by atoms with E-state index in [1.54, 1.807) is 0 Å². The number of carboxylic acid groups (broad SMARTS) is 1. The fourth-order valence-electron chi connectivity index (χ4n) is 1.81. The van der Waals surface area contributed by atoms with Gasteiger partial charge in [-0.2, -0.15) is 0 Å². The predicted molar refractivity (Wildman–Crippen MR) is 48.9 cm³/mol. The Morgan fingerprint density at radius 3 is 2.57 bits per heavy atom. The van der Waals surface area contributed by atoms with Gasteiger partial charge in [-0.25, -0.2) is 4.79 Å². The van der Waals surface area contributed by atoms with Crippen molar-refractivity contribution < 1.29 is 19.4 Å². The summed E-state index contributed by atoms with van der Waals surface area (Å²) in [6.07, 6.45) is 2.66. The summed E-state index contributed by atoms with van der Waals surface area (Å²) < 4.78 is 4.44. The van der Waals surface area contributed by atoms with Gasteiger partial charge >= 0.3 is 12.1 Å². The van der Waals surface area contributed by atoms with Crippen molar-refractivity contribution >= 4 is 12.1 Å². The molecule has 5 heteroatoms. The number of alkyl carbamates (subject to hydrolysis) is 1. The molecular weight excluding hydrogens is 186 g/mol. The summed E-state index contributed by atoms with van der Waals surface area (Å²) in [6, 6.07) is -0.284. The smallest absolute Gasteiger partial charge is 0.407 e. The lowest BCUT2D eigenvalue weighted by Gasteiger charge is -2.28. The molecule has 0 bridgehead atoms. The lowest BCUT2D eigenvalue weighted by Crippen LogP contribution is -2.45. The molecule has 1 rings (SSSR count). The number of hydrogen-bond donors (Lipinski definition) is 2. The van der Waals surface area contributed by atoms with Crippen molar-refractivity contribution in [2.75, 3.05) is 7.11 Å². The van der Waals surface area contributed by atoms with E-state index < -0.39 is 18.0 Å². The normalized spacial score (nSPS) is 26.6. The monoisotopic (exact) mass is 201 g/mol. The van der Waals surface area contributed by atoms with Gasteiger partial charge in [-0.15, -0.1) is 0 Å². The van der Waals surface area contributed by atoms with E-state index in [0.717, 1.165) is 12.8 Å². The SMILES string of the molecule is COC(=O)NC1CCCCC1C(=O)O. The minimum Gasteiger partial charge on any atom is -0.481 e. The van der Waals surface area contributed by atoms with Gasteiger partial charge in [0.15, 0.2) is 0 Å². The quantitative estimate of drug-likeness (QED) is 0.698. The first kappa shape index (κ1) is 10.8. The number of amides is 1. The zero-order chi connectivity index (χ0) is 10.6. The molecule has 2 unspecified atom stereocenters. The zero-order valence-corrected chi connectivity index (χ0v) is 8.16. The average molecular weight is 201 g/mol. The van der Waals surface area contributed by atoms with Crippen LogP contribution in [-0.4, -0.2) is 30.3 Å². The number of nitrogens with one attached hydrogen (secondary N) is 1. The molecule has 2 N–H and O–H groups in total. The molecule has 1 aliphatic carbocycles. The Morgan fingerprint density at radius 1 is 1.36 bits per heavy atom. The van der Waals surface area contributed by atoms with Crippen molar-refractivity contribution in [3.05, 3.63) is 0 Å². The van der Waals surface area contributed by atoms with Crippen LogP contribution in [0.2, 0.25) is 0 Å². The summed E-state index contributed by atoms with van der Waals surface area (Å²) in [5.41, 5.74) is 0. The van der Waals surface area contributed by atoms with Gasteiger partial charge < -0.3 is 15.2 Å². The molecule has 0 aliphatic heterocycles. The Bertz CT molecular complexity index is 229. The minimum atomic E-state index is -0.842. The first-order chi connectivity index (χ1) is 6.65. The lowest BCUT2D eigenvalue weighted by molar-refractivity contribution is -0.143. The summed E-state index contributed by atoms with van der Waals surface area (Å²) in [5, 5.41) is 11.5. The molecule has 0 aromatic carbocycles. The predicted octanol–water partition coefficient (Wildman–Crippen LogP) is 0.986. The van der Waals surface area contributed by atoms with Crippen LogP contribution in [0, 0.1) is 5.92 Å². The third kappa shape index (κ3) is 2.61. The molecule has 2 atom stereocenters. The number of aliphatic carboxylic acids is 1. The fourth-order valence-corrected chi connectivity index (χ4v) is 1.81. The third-order valence-corrected chi connectivity index (χ3v) is 2.57. The maximum Gasteiger partial charge on any atom is 0.407 e. The number of ether oxygens (including phenoxy) is 1. The summed E-state index contributed by atoms with van der Waals surface area (Å²) in [7, 11) is 1.27. The van der Waals surface area contributed by atoms with Crippen LogP contribution in [-0.2, 0) is 9.53 Å². The molecule has 14 heavy (non-hydrogen) atoms. The van der Waals surface area contributed by atoms with Gasteiger partial charge in [0, 0.05) is 6.04 Å². The third-order valence-electron chi connectivity index (χ3n) is 2.57. The van der Waals surface area contributed by atoms with Gasteiger partial charge in [-0.3, -0.25) is 4.79 Å². The Labute approximate surface area is 82.4 Å². The Hall–Kier alpha value is -1.26. The highest BCUT2D eigenvalue weighted by atomic mass is 16.5. The highest BCUT2D eigenvalue weighted by Gasteiger charge is 2.31. The number of hydrogen-bond acceptors (Lipinski definition) is 3. The summed E-state index contributed by atoms with van der Waals surface area (Å²) in [6.45, 7) is 0. The number of carbonyl (C=O) groups excluding carboxylic acids is 1. The van der Waals surface area contributed by atoms with Gasteiger partial charge in [0.2, 0.25) is 0 Å². The first-order valence-corrected chi connectivity index (χ1v) is 4.72. The van der Waals surface area contributed by atoms with E-state index in [9.17, 15) is 9.59 Å². The minimum absolute atomic E-state index is 0.284. The molecule has 0 aromatic heterocycles. The second-order valence-electron chi connectivity index (χ2n) is 3.47. The molecule has 80 valence electrons. The molecule has 1 amide bonds. The molecule has 0 radical (unpaired) electrons. The van der Waals surface area contributed by atoms with Crippen molar-refractivity contribution in [3.8, 4) is 0 Å². The van der Waals surface area contributed by atoms with Crippen molar-refractivity contribution in [2.45, 2.75) is 31.7 Å². The summed E-state index contributed by atoms with van der Waals surface area (Å²) in [4.78, 5) is 21.8. The molecule has 0 spiro atoms. The average Bonchev–Trinajstić information content (AvgIpc) is 2.18. The molecule has 1 saturated carbocycles. The maximum atomic E-state index is 10.9. The highest BCUT2D eigenvalue weighted by Crippen LogP contribution is 2.24. The van der Waals surface area contributed by atoms with Gasteiger partial charge in [0.25, 0.3) is 0 Å². The molecule has 0 aromatic rings. The maximum absolute atomic E-state index is 10.9. The van der Waals surface area contributed by atoms with Crippen LogP contribution < -0.4 is 5.32 Å². The second kappa shape index (κ2) is 4.83. The number of rotatable bonds is 2. The van der Waals surface area contributed by atoms with Crippen molar-refractivity contribution in [1.82, 2.24) is 5.32 Å². The largest absolute Gasteiger partial charge is 0.481 e. The molecule has 1 fully saturated rings. The molecular formula is C9H15NO4. The van der Waals surface area contributed by atoms with Crippen LogP contribution in [0.1, 0.15) is 25.7 Å². The highest BCUT2D eigenvalue weighted by molar-refractivity contribution is 5.73. The molecule has 5 nitrogen and oxygen atoms in total. The van der Waals surface area contributed by atoms with Crippen LogP contribution in [0.5, 0.6) is 0 Å². The van der Waals surface area contributed by atoms with Crippen LogP contribution >= 0.6 is 0 Å². The van der Waals surface area contributed by atoms with E-state index in [2.05, 4.69) is 10.1 Å². The van der Waals surface area contributed by atoms with Crippen molar-refractivity contribution in [1.29, 1.82) is 0 Å². The van der Waals surface area contributed by atoms with E-state index in [1.165, 1.54) is 7.11 Å². The van der Waals surface area contributed by atoms with Gasteiger partial charge in [0.05, 0.1) is 13.0 Å². The molecule has 0 heterocycles. The van der Waals surface area contributed by atoms with E-state index in [0.29, 0.717) is 12.8 Å². The van der Waals surface area contributed by atoms with Crippen LogP contribution in [0.15, 0.2) is 0 Å². The van der Waals surface area contributed by atoms with E-state index >= 15 is 0 Å². The van der Waals surface area contributed by atoms with Crippen molar-refractivity contribution in [3.63, 3.8) is 0 Å². The standard InChI is InChI=1S/C9H15NO4/c1-14-9(13)10-7-5-3-2-4-6(7)8(11)12/h6-7H,2-5H2,1H3,(H,10,13)(H,11,12). The van der Waals surface area contributed by atoms with Gasteiger partial charge in [-0.05, 0) is 12.8 Å². The van der Waals surface area contributed by atoms with E-state index in [4.69, 9.17) is 5.11 Å². The van der Waals surface area contributed by atoms with E-state index in [-0.39, 0.29) is 6.04 Å². The van der Waals surface area contributed by atoms with E-state index in [1.807, 2.05) is 0 Å². The Balaban J connectivity index is 2.54. The molecule has 1 aliphatic rings. The number of methoxy groups -OCH3 is 1. The lowest BCUT2D eigenvalue weighted by atomic mass is 9.85. The molecule has 0 saturated heterocycles. The first-order valence-electron chi connectivity index (χ1n) is 4.72. The van der Waals surface area contributed by atoms with Gasteiger partial charge in [0.1, 0.15) is 0 Å². The second-order valence-corrected chi connectivity index (χ2v) is 3.47. The fraction of sp³-hybridized carbons (Fsp3) is 0.778. The summed E-state index contributed by atoms with van der Waals surface area (Å²) in [5.74, 6) is -1.31. The van der Waals surface area contributed by atoms with Crippen LogP contribution in [0.4, 0.5) is 4.79 Å².